The second kappa shape index (κ2) is 21.7. The molecule has 16 nitrogen and oxygen atoms in total. The molecule has 0 saturated carbocycles. The molecule has 3 rings (SSSR count). The van der Waals surface area contributed by atoms with Crippen molar-refractivity contribution in [3.63, 3.8) is 0 Å². The maximum absolute atomic E-state index is 11.7. The van der Waals surface area contributed by atoms with Crippen LogP contribution in [0.2, 0.25) is 0 Å². The predicted molar refractivity (Wildman–Crippen MR) is 155 cm³/mol. The third-order valence-corrected chi connectivity index (χ3v) is 6.38. The molecular formula is C28H46N6O10. The highest BCUT2D eigenvalue weighted by molar-refractivity contribution is 6.12. The van der Waals surface area contributed by atoms with Gasteiger partial charge in [-0.05, 0) is 5.92 Å². The molecule has 0 aromatic carbocycles. The summed E-state index contributed by atoms with van der Waals surface area (Å²) in [6.45, 7) is 11.4. The molecule has 4 amide bonds. The fourth-order valence-corrected chi connectivity index (χ4v) is 4.06. The Balaban J connectivity index is 0.963. The van der Waals surface area contributed by atoms with Crippen LogP contribution in [0.5, 0.6) is 0 Å². The van der Waals surface area contributed by atoms with Crippen molar-refractivity contribution in [2.45, 2.75) is 20.0 Å². The van der Waals surface area contributed by atoms with Gasteiger partial charge in [0, 0.05) is 31.8 Å². The highest BCUT2D eigenvalue weighted by Gasteiger charge is 2.26. The summed E-state index contributed by atoms with van der Waals surface area (Å²) in [5.74, 6) is -0.101. The zero-order valence-electron chi connectivity index (χ0n) is 25.6. The highest BCUT2D eigenvalue weighted by atomic mass is 16.6. The van der Waals surface area contributed by atoms with Gasteiger partial charge in [-0.3, -0.25) is 14.5 Å². The maximum atomic E-state index is 11.7. The Hall–Kier alpha value is -2.99. The molecule has 0 atom stereocenters. The fourth-order valence-electron chi connectivity index (χ4n) is 4.06. The van der Waals surface area contributed by atoms with E-state index in [4.69, 9.17) is 33.2 Å². The number of nitrogens with one attached hydrogen (secondary N) is 1. The molecule has 0 spiro atoms. The zero-order valence-corrected chi connectivity index (χ0v) is 25.6. The number of imide groups is 1. The number of likely N-dealkylation sites (tertiary alicyclic amines) is 1. The second-order valence-corrected chi connectivity index (χ2v) is 10.1. The van der Waals surface area contributed by atoms with E-state index in [1.807, 2.05) is 0 Å². The lowest BCUT2D eigenvalue weighted by molar-refractivity contribution is -0.137. The van der Waals surface area contributed by atoms with Crippen LogP contribution >= 0.6 is 0 Å². The molecule has 0 unspecified atom stereocenters. The molecule has 0 bridgehead atoms. The number of nitrogens with zero attached hydrogens (tertiary/aromatic N) is 5. The first-order valence-electron chi connectivity index (χ1n) is 15.0. The highest BCUT2D eigenvalue weighted by Crippen LogP contribution is 2.13. The van der Waals surface area contributed by atoms with Crippen LogP contribution in [0.25, 0.3) is 0 Å². The summed E-state index contributed by atoms with van der Waals surface area (Å²) in [5, 5.41) is 10.8. The largest absolute Gasteiger partial charge is 0.377 e. The minimum absolute atomic E-state index is 0.0239. The number of carbonyl (C=O) groups excluding carboxylic acids is 3. The summed E-state index contributed by atoms with van der Waals surface area (Å²) >= 11 is 0. The molecule has 2 aliphatic heterocycles. The van der Waals surface area contributed by atoms with Gasteiger partial charge in [-0.2, -0.15) is 0 Å². The standard InChI is InChI=1S/C28H46N6O10/c1-24-20-32(21-24)28(37)29-4-6-38-8-10-40-12-14-42-16-18-44-19-17-43-15-13-41-11-9-39-7-5-33-22-25(30-31-33)23-34-26(35)2-3-27(34)36/h2-3,22,24H,4-21,23H2,1H3,(H,29,37). The van der Waals surface area contributed by atoms with E-state index in [0.717, 1.165) is 18.0 Å². The van der Waals surface area contributed by atoms with Gasteiger partial charge in [0.15, 0.2) is 0 Å². The third-order valence-electron chi connectivity index (χ3n) is 6.38. The molecule has 3 heterocycles. The van der Waals surface area contributed by atoms with Crippen LogP contribution in [-0.2, 0) is 55.8 Å². The van der Waals surface area contributed by atoms with Crippen molar-refractivity contribution in [2.75, 3.05) is 112 Å². The van der Waals surface area contributed by atoms with Gasteiger partial charge in [0.25, 0.3) is 11.8 Å². The smallest absolute Gasteiger partial charge is 0.317 e. The SMILES string of the molecule is CC1CN(C(=O)NCCOCCOCCOCCOCCOCCOCCOCCn2cc(CN3C(=O)C=CC3=O)nn2)C1. The van der Waals surface area contributed by atoms with E-state index in [0.29, 0.717) is 117 Å². The molecular weight excluding hydrogens is 580 g/mol. The van der Waals surface area contributed by atoms with Gasteiger partial charge in [-0.25, -0.2) is 9.48 Å². The molecule has 248 valence electrons. The Morgan fingerprint density at radius 1 is 0.750 bits per heavy atom. The van der Waals surface area contributed by atoms with Crippen molar-refractivity contribution in [1.82, 2.24) is 30.1 Å². The number of hydrogen-bond acceptors (Lipinski definition) is 12. The second-order valence-electron chi connectivity index (χ2n) is 10.1. The molecule has 0 aliphatic carbocycles. The Kier molecular flexibility index (Phi) is 17.5. The van der Waals surface area contributed by atoms with E-state index in [9.17, 15) is 14.4 Å². The van der Waals surface area contributed by atoms with Crippen molar-refractivity contribution in [2.24, 2.45) is 5.92 Å². The molecule has 0 radical (unpaired) electrons. The van der Waals surface area contributed by atoms with Crippen LogP contribution in [0.3, 0.4) is 0 Å². The molecule has 1 saturated heterocycles. The lowest BCUT2D eigenvalue weighted by Gasteiger charge is -2.36. The normalized spacial score (nSPS) is 15.0. The summed E-state index contributed by atoms with van der Waals surface area (Å²) in [6, 6.07) is -0.0239. The van der Waals surface area contributed by atoms with Crippen LogP contribution in [0.1, 0.15) is 12.6 Å². The zero-order chi connectivity index (χ0) is 31.2. The number of rotatable bonds is 26. The van der Waals surface area contributed by atoms with Gasteiger partial charge in [0.05, 0.1) is 112 Å². The molecule has 1 N–H and O–H groups in total. The van der Waals surface area contributed by atoms with Gasteiger partial charge in [0.1, 0.15) is 5.69 Å². The summed E-state index contributed by atoms with van der Waals surface area (Å²) < 4.78 is 39.9. The van der Waals surface area contributed by atoms with Gasteiger partial charge in [0.2, 0.25) is 0 Å². The first-order valence-corrected chi connectivity index (χ1v) is 15.0. The predicted octanol–water partition coefficient (Wildman–Crippen LogP) is -0.519. The molecule has 2 aliphatic rings. The first kappa shape index (κ1) is 35.5. The average Bonchev–Trinajstić information content (AvgIpc) is 3.58. The lowest BCUT2D eigenvalue weighted by atomic mass is 10.0. The molecule has 16 heteroatoms. The Bertz CT molecular complexity index is 985. The van der Waals surface area contributed by atoms with Crippen molar-refractivity contribution in [3.05, 3.63) is 24.0 Å². The average molecular weight is 627 g/mol. The van der Waals surface area contributed by atoms with E-state index in [-0.39, 0.29) is 24.4 Å². The summed E-state index contributed by atoms with van der Waals surface area (Å²) in [5.41, 5.74) is 0.532. The molecule has 44 heavy (non-hydrogen) atoms. The van der Waals surface area contributed by atoms with Crippen LogP contribution in [0, 0.1) is 5.92 Å². The lowest BCUT2D eigenvalue weighted by Crippen LogP contribution is -2.53. The maximum Gasteiger partial charge on any atom is 0.317 e. The van der Waals surface area contributed by atoms with Crippen LogP contribution in [0.4, 0.5) is 4.79 Å². The van der Waals surface area contributed by atoms with Gasteiger partial charge >= 0.3 is 6.03 Å². The molecule has 1 fully saturated rings. The fraction of sp³-hybridized carbons (Fsp3) is 0.750. The Labute approximate surface area is 257 Å². The summed E-state index contributed by atoms with van der Waals surface area (Å²) in [7, 11) is 0. The van der Waals surface area contributed by atoms with Crippen LogP contribution in [-0.4, -0.2) is 155 Å². The van der Waals surface area contributed by atoms with Crippen LogP contribution < -0.4 is 5.32 Å². The quantitative estimate of drug-likeness (QED) is 0.104. The number of amides is 4. The van der Waals surface area contributed by atoms with Crippen molar-refractivity contribution in [1.29, 1.82) is 0 Å². The first-order chi connectivity index (χ1) is 21.5. The van der Waals surface area contributed by atoms with Crippen molar-refractivity contribution >= 4 is 17.8 Å². The molecule has 1 aromatic heterocycles. The number of carbonyl (C=O) groups is 3. The summed E-state index contributed by atoms with van der Waals surface area (Å²) in [4.78, 5) is 37.9. The molecule has 1 aromatic rings. The monoisotopic (exact) mass is 626 g/mol. The van der Waals surface area contributed by atoms with E-state index in [1.54, 1.807) is 15.8 Å². The van der Waals surface area contributed by atoms with E-state index < -0.39 is 0 Å². The number of aromatic nitrogens is 3. The summed E-state index contributed by atoms with van der Waals surface area (Å²) in [6.07, 6.45) is 4.17. The Morgan fingerprint density at radius 3 is 1.68 bits per heavy atom. The minimum atomic E-state index is -0.349. The van der Waals surface area contributed by atoms with Crippen LogP contribution in [0.15, 0.2) is 18.3 Å². The number of ether oxygens (including phenoxy) is 7. The van der Waals surface area contributed by atoms with Gasteiger partial charge in [-0.1, -0.05) is 12.1 Å². The van der Waals surface area contributed by atoms with E-state index in [1.165, 1.54) is 12.2 Å². The topological polar surface area (TPSA) is 165 Å². The minimum Gasteiger partial charge on any atom is -0.377 e. The van der Waals surface area contributed by atoms with E-state index >= 15 is 0 Å². The van der Waals surface area contributed by atoms with Crippen molar-refractivity contribution in [3.8, 4) is 0 Å². The van der Waals surface area contributed by atoms with E-state index in [2.05, 4.69) is 22.6 Å². The third kappa shape index (κ3) is 14.7. The number of hydrogen-bond donors (Lipinski definition) is 1. The Morgan fingerprint density at radius 2 is 1.20 bits per heavy atom. The van der Waals surface area contributed by atoms with Crippen molar-refractivity contribution < 1.29 is 47.5 Å². The van der Waals surface area contributed by atoms with Gasteiger partial charge < -0.3 is 43.4 Å². The van der Waals surface area contributed by atoms with Gasteiger partial charge in [-0.15, -0.1) is 5.10 Å². The number of urea groups is 1.